The quantitative estimate of drug-likeness (QED) is 0.533. The number of carbonyl (C=O) groups is 1. The number of carbonyl (C=O) groups excluding carboxylic acids is 1. The van der Waals surface area contributed by atoms with Gasteiger partial charge in [-0.2, -0.15) is 5.10 Å². The molecule has 4 nitrogen and oxygen atoms in total. The molecule has 2 saturated carbocycles. The van der Waals surface area contributed by atoms with Gasteiger partial charge in [0.25, 0.3) is 5.91 Å². The minimum atomic E-state index is -0.105. The highest BCUT2D eigenvalue weighted by molar-refractivity contribution is 6.40. The molecule has 1 heterocycles. The number of nitrogens with zero attached hydrogens (tertiary/aromatic N) is 1. The molecule has 0 spiro atoms. The van der Waals surface area contributed by atoms with Crippen LogP contribution in [0.25, 0.3) is 0 Å². The first-order valence-electron chi connectivity index (χ1n) is 8.77. The van der Waals surface area contributed by atoms with Gasteiger partial charge in [-0.25, -0.2) is 0 Å². The Morgan fingerprint density at radius 3 is 2.86 bits per heavy atom. The third kappa shape index (κ3) is 1.76. The number of hydrazone groups is 1. The maximum Gasteiger partial charge on any atom is 0.271 e. The first kappa shape index (κ1) is 14.3. The fraction of sp³-hybridized carbons (Fsp3) is 0.778. The van der Waals surface area contributed by atoms with Crippen LogP contribution in [0.5, 0.6) is 0 Å². The van der Waals surface area contributed by atoms with Crippen LogP contribution in [-0.4, -0.2) is 11.6 Å². The predicted molar refractivity (Wildman–Crippen MR) is 86.9 cm³/mol. The third-order valence-electron chi connectivity index (χ3n) is 7.45. The lowest BCUT2D eigenvalue weighted by molar-refractivity contribution is -0.116. The van der Waals surface area contributed by atoms with Crippen molar-refractivity contribution in [1.82, 2.24) is 5.32 Å². The maximum absolute atomic E-state index is 12.1. The van der Waals surface area contributed by atoms with Crippen LogP contribution in [0.3, 0.4) is 0 Å². The molecule has 4 rings (SSSR count). The van der Waals surface area contributed by atoms with Crippen LogP contribution >= 0.6 is 0 Å². The predicted octanol–water partition coefficient (Wildman–Crippen LogP) is 2.95. The molecule has 1 saturated heterocycles. The molecule has 1 aliphatic heterocycles. The molecule has 5 unspecified atom stereocenters. The van der Waals surface area contributed by atoms with Crippen LogP contribution in [0, 0.1) is 28.6 Å². The summed E-state index contributed by atoms with van der Waals surface area (Å²) in [6.07, 6.45) is 10.9. The lowest BCUT2D eigenvalue weighted by atomic mass is 9.50. The van der Waals surface area contributed by atoms with Gasteiger partial charge in [-0.3, -0.25) is 4.79 Å². The number of nitrogens with one attached hydrogen (secondary N) is 1. The van der Waals surface area contributed by atoms with Gasteiger partial charge in [0.05, 0.1) is 0 Å². The third-order valence-corrected chi connectivity index (χ3v) is 7.45. The van der Waals surface area contributed by atoms with Crippen molar-refractivity contribution < 1.29 is 4.79 Å². The van der Waals surface area contributed by atoms with Gasteiger partial charge in [-0.15, -0.1) is 0 Å². The molecule has 0 aromatic heterocycles. The van der Waals surface area contributed by atoms with E-state index in [9.17, 15) is 4.79 Å². The maximum atomic E-state index is 12.1. The van der Waals surface area contributed by atoms with Crippen LogP contribution in [-0.2, 0) is 4.79 Å². The van der Waals surface area contributed by atoms with E-state index in [4.69, 9.17) is 5.84 Å². The van der Waals surface area contributed by atoms with Crippen molar-refractivity contribution >= 4 is 11.6 Å². The van der Waals surface area contributed by atoms with E-state index in [2.05, 4.69) is 30.3 Å². The lowest BCUT2D eigenvalue weighted by Gasteiger charge is -2.56. The summed E-state index contributed by atoms with van der Waals surface area (Å²) in [4.78, 5) is 12.1. The van der Waals surface area contributed by atoms with Gasteiger partial charge in [0.15, 0.2) is 0 Å². The number of hydrogen-bond acceptors (Lipinski definition) is 3. The fourth-order valence-corrected chi connectivity index (χ4v) is 6.23. The second-order valence-corrected chi connectivity index (χ2v) is 8.44. The molecule has 4 aliphatic rings. The van der Waals surface area contributed by atoms with Crippen molar-refractivity contribution in [3.05, 3.63) is 11.8 Å². The minimum Gasteiger partial charge on any atom is -0.324 e. The number of nitrogens with two attached hydrogens (primary N) is 1. The van der Waals surface area contributed by atoms with Crippen molar-refractivity contribution in [2.75, 3.05) is 0 Å². The highest BCUT2D eigenvalue weighted by atomic mass is 16.2. The van der Waals surface area contributed by atoms with Crippen LogP contribution < -0.4 is 11.2 Å². The van der Waals surface area contributed by atoms with Crippen molar-refractivity contribution in [3.8, 4) is 0 Å². The second kappa shape index (κ2) is 4.59. The van der Waals surface area contributed by atoms with Gasteiger partial charge in [0, 0.05) is 17.5 Å². The number of fused-ring (bicyclic) bond motifs is 5. The summed E-state index contributed by atoms with van der Waals surface area (Å²) in [7, 11) is 0. The van der Waals surface area contributed by atoms with Crippen LogP contribution in [0.4, 0.5) is 0 Å². The number of rotatable bonds is 0. The number of hydrogen-bond donors (Lipinski definition) is 2. The Balaban J connectivity index is 1.72. The van der Waals surface area contributed by atoms with E-state index in [0.29, 0.717) is 23.5 Å². The molecule has 4 heteroatoms. The van der Waals surface area contributed by atoms with Crippen LogP contribution in [0.2, 0.25) is 0 Å². The molecular weight excluding hydrogens is 274 g/mol. The first-order valence-corrected chi connectivity index (χ1v) is 8.77. The SMILES string of the molecule is CC12CCCC1C1CC=C3NC(=O)C(=NN)CC3(C)C1CC2. The molecule has 0 aromatic carbocycles. The van der Waals surface area contributed by atoms with Crippen molar-refractivity contribution in [2.45, 2.75) is 58.8 Å². The number of amides is 1. The summed E-state index contributed by atoms with van der Waals surface area (Å²) >= 11 is 0. The minimum absolute atomic E-state index is 0.0128. The van der Waals surface area contributed by atoms with E-state index in [0.717, 1.165) is 24.0 Å². The summed E-state index contributed by atoms with van der Waals surface area (Å²) in [5.41, 5.74) is 2.22. The molecule has 0 radical (unpaired) electrons. The largest absolute Gasteiger partial charge is 0.324 e. The van der Waals surface area contributed by atoms with Crippen LogP contribution in [0.15, 0.2) is 16.9 Å². The Labute approximate surface area is 132 Å². The van der Waals surface area contributed by atoms with Gasteiger partial charge in [-0.05, 0) is 55.3 Å². The topological polar surface area (TPSA) is 67.5 Å². The van der Waals surface area contributed by atoms with Gasteiger partial charge >= 0.3 is 0 Å². The van der Waals surface area contributed by atoms with Crippen LogP contribution in [0.1, 0.15) is 58.8 Å². The van der Waals surface area contributed by atoms with E-state index in [-0.39, 0.29) is 11.3 Å². The molecule has 3 fully saturated rings. The Bertz CT molecular complexity index is 581. The fourth-order valence-electron chi connectivity index (χ4n) is 6.23. The van der Waals surface area contributed by atoms with Gasteiger partial charge in [0.1, 0.15) is 5.71 Å². The van der Waals surface area contributed by atoms with Gasteiger partial charge < -0.3 is 11.2 Å². The molecule has 120 valence electrons. The van der Waals surface area contributed by atoms with E-state index >= 15 is 0 Å². The highest BCUT2D eigenvalue weighted by Crippen LogP contribution is 2.63. The Kier molecular flexibility index (Phi) is 2.98. The summed E-state index contributed by atoms with van der Waals surface area (Å²) in [5, 5.41) is 6.83. The summed E-state index contributed by atoms with van der Waals surface area (Å²) < 4.78 is 0. The number of piperidine rings is 1. The highest BCUT2D eigenvalue weighted by Gasteiger charge is 2.56. The van der Waals surface area contributed by atoms with E-state index in [1.807, 2.05) is 0 Å². The summed E-state index contributed by atoms with van der Waals surface area (Å²) in [6.45, 7) is 4.83. The molecule has 22 heavy (non-hydrogen) atoms. The first-order chi connectivity index (χ1) is 10.5. The van der Waals surface area contributed by atoms with E-state index in [1.54, 1.807) is 0 Å². The molecule has 1 amide bonds. The molecule has 3 N–H and O–H groups in total. The normalized spacial score (nSPS) is 49.0. The molecular formula is C18H27N3O. The van der Waals surface area contributed by atoms with Gasteiger partial charge in [-0.1, -0.05) is 26.3 Å². The zero-order chi connectivity index (χ0) is 15.5. The average molecular weight is 301 g/mol. The Hall–Kier alpha value is -1.32. The molecule has 5 atom stereocenters. The smallest absolute Gasteiger partial charge is 0.271 e. The standard InChI is InChI=1S/C18H27N3O/c1-17-8-3-4-12(17)11-5-6-15-18(2,13(11)7-9-17)10-14(21-19)16(22)20-15/h6,11-13H,3-5,7-10,19H2,1-2H3,(H,20,22). The zero-order valence-electron chi connectivity index (χ0n) is 13.7. The second-order valence-electron chi connectivity index (χ2n) is 8.44. The summed E-state index contributed by atoms with van der Waals surface area (Å²) in [6, 6.07) is 0. The monoisotopic (exact) mass is 301 g/mol. The van der Waals surface area contributed by atoms with Crippen molar-refractivity contribution in [1.29, 1.82) is 0 Å². The molecule has 0 aromatic rings. The van der Waals surface area contributed by atoms with E-state index in [1.165, 1.54) is 32.1 Å². The molecule has 3 aliphatic carbocycles. The Morgan fingerprint density at radius 2 is 2.09 bits per heavy atom. The lowest BCUT2D eigenvalue weighted by Crippen LogP contribution is -2.55. The average Bonchev–Trinajstić information content (AvgIpc) is 2.89. The molecule has 0 bridgehead atoms. The summed E-state index contributed by atoms with van der Waals surface area (Å²) in [5.74, 6) is 7.63. The Morgan fingerprint density at radius 1 is 1.27 bits per heavy atom. The van der Waals surface area contributed by atoms with Gasteiger partial charge in [0.2, 0.25) is 0 Å². The number of allylic oxidation sites excluding steroid dienone is 2. The van der Waals surface area contributed by atoms with Crippen molar-refractivity contribution in [2.24, 2.45) is 39.5 Å². The van der Waals surface area contributed by atoms with E-state index < -0.39 is 0 Å². The zero-order valence-corrected chi connectivity index (χ0v) is 13.7. The van der Waals surface area contributed by atoms with Crippen molar-refractivity contribution in [3.63, 3.8) is 0 Å².